The van der Waals surface area contributed by atoms with Crippen LogP contribution in [0.2, 0.25) is 0 Å². The molecule has 0 radical (unpaired) electrons. The van der Waals surface area contributed by atoms with Gasteiger partial charge in [0.05, 0.1) is 12.3 Å². The third-order valence-electron chi connectivity index (χ3n) is 1.21. The number of hydrogen-bond acceptors (Lipinski definition) is 4. The first-order valence-corrected chi connectivity index (χ1v) is 3.81. The number of amides is 2. The topological polar surface area (TPSA) is 87.4 Å². The van der Waals surface area contributed by atoms with Gasteiger partial charge in [0, 0.05) is 6.54 Å². The van der Waals surface area contributed by atoms with Gasteiger partial charge >= 0.3 is 12.0 Å². The van der Waals surface area contributed by atoms with E-state index in [4.69, 9.17) is 9.52 Å². The van der Waals surface area contributed by atoms with Crippen molar-refractivity contribution < 1.29 is 14.3 Å². The Morgan fingerprint density at radius 2 is 2.62 bits per heavy atom. The molecule has 6 heteroatoms. The van der Waals surface area contributed by atoms with Crippen molar-refractivity contribution in [3.8, 4) is 0 Å². The molecule has 1 rings (SSSR count). The molecule has 0 fully saturated rings. The first-order chi connectivity index (χ1) is 6.18. The zero-order chi connectivity index (χ0) is 9.68. The number of anilines is 1. The molecule has 1 heterocycles. The van der Waals surface area contributed by atoms with E-state index >= 15 is 0 Å². The predicted molar refractivity (Wildman–Crippen MR) is 45.2 cm³/mol. The van der Waals surface area contributed by atoms with Crippen LogP contribution in [0.5, 0.6) is 0 Å². The van der Waals surface area contributed by atoms with Crippen LogP contribution < -0.4 is 10.6 Å². The van der Waals surface area contributed by atoms with Crippen molar-refractivity contribution in [1.29, 1.82) is 0 Å². The fourth-order valence-corrected chi connectivity index (χ4v) is 0.667. The van der Waals surface area contributed by atoms with E-state index in [0.29, 0.717) is 0 Å². The number of urea groups is 1. The fraction of sp³-hybridized carbons (Fsp3) is 0.429. The maximum absolute atomic E-state index is 11.0. The highest BCUT2D eigenvalue weighted by Gasteiger charge is 2.04. The average Bonchev–Trinajstić information content (AvgIpc) is 2.53. The van der Waals surface area contributed by atoms with E-state index < -0.39 is 12.1 Å². The summed E-state index contributed by atoms with van der Waals surface area (Å²) < 4.78 is 4.77. The molecule has 0 unspecified atom stereocenters. The van der Waals surface area contributed by atoms with Gasteiger partial charge in [-0.3, -0.25) is 5.32 Å². The zero-order valence-corrected chi connectivity index (χ0v) is 7.15. The molecule has 3 N–H and O–H groups in total. The van der Waals surface area contributed by atoms with Gasteiger partial charge in [-0.25, -0.2) is 9.78 Å². The molecule has 0 saturated heterocycles. The van der Waals surface area contributed by atoms with Crippen LogP contribution in [0.1, 0.15) is 6.92 Å². The Kier molecular flexibility index (Phi) is 3.27. The van der Waals surface area contributed by atoms with E-state index in [9.17, 15) is 4.79 Å². The molecule has 6 nitrogen and oxygen atoms in total. The van der Waals surface area contributed by atoms with Crippen molar-refractivity contribution in [3.63, 3.8) is 0 Å². The van der Waals surface area contributed by atoms with E-state index in [-0.39, 0.29) is 12.6 Å². The van der Waals surface area contributed by atoms with Gasteiger partial charge in [-0.1, -0.05) is 0 Å². The number of nitrogens with zero attached hydrogens (tertiary/aromatic N) is 1. The van der Waals surface area contributed by atoms with E-state index in [2.05, 4.69) is 15.6 Å². The Morgan fingerprint density at radius 3 is 3.15 bits per heavy atom. The average molecular weight is 185 g/mol. The van der Waals surface area contributed by atoms with Crippen molar-refractivity contribution in [1.82, 2.24) is 10.3 Å². The third kappa shape index (κ3) is 3.57. The molecule has 0 saturated carbocycles. The molecule has 72 valence electrons. The van der Waals surface area contributed by atoms with Gasteiger partial charge in [0.2, 0.25) is 0 Å². The summed E-state index contributed by atoms with van der Waals surface area (Å²) in [6.45, 7) is 1.76. The molecule has 1 aromatic rings. The Bertz CT molecular complexity index is 258. The lowest BCUT2D eigenvalue weighted by atomic mass is 10.4. The molecule has 0 aromatic carbocycles. The molecule has 2 amide bonds. The summed E-state index contributed by atoms with van der Waals surface area (Å²) in [4.78, 5) is 14.7. The highest BCUT2D eigenvalue weighted by Crippen LogP contribution is 1.99. The largest absolute Gasteiger partial charge is 0.432 e. The standard InChI is InChI=1S/C7H11N3O3/c1-5(11)4-9-6(12)10-7-8-2-3-13-7/h2-3,5,11H,4H2,1H3,(H2,8,9,10,12)/t5-/m1/s1. The molecular formula is C7H11N3O3. The number of hydrogen-bond donors (Lipinski definition) is 3. The lowest BCUT2D eigenvalue weighted by Crippen LogP contribution is -2.34. The number of aliphatic hydroxyl groups excluding tert-OH is 1. The van der Waals surface area contributed by atoms with E-state index in [1.54, 1.807) is 6.92 Å². The minimum absolute atomic E-state index is 0.128. The van der Waals surface area contributed by atoms with Crippen LogP contribution in [0.4, 0.5) is 10.8 Å². The van der Waals surface area contributed by atoms with Gasteiger partial charge in [-0.2, -0.15) is 0 Å². The maximum Gasteiger partial charge on any atom is 0.322 e. The van der Waals surface area contributed by atoms with Gasteiger partial charge in [-0.05, 0) is 6.92 Å². The Labute approximate surface area is 75.0 Å². The Balaban J connectivity index is 2.26. The second kappa shape index (κ2) is 4.46. The zero-order valence-electron chi connectivity index (χ0n) is 7.15. The lowest BCUT2D eigenvalue weighted by Gasteiger charge is -2.05. The molecule has 0 aliphatic heterocycles. The van der Waals surface area contributed by atoms with E-state index in [0.717, 1.165) is 0 Å². The van der Waals surface area contributed by atoms with Gasteiger partial charge in [0.25, 0.3) is 0 Å². The van der Waals surface area contributed by atoms with Crippen molar-refractivity contribution >= 4 is 12.0 Å². The van der Waals surface area contributed by atoms with Crippen LogP contribution >= 0.6 is 0 Å². The summed E-state index contributed by atoms with van der Waals surface area (Å²) in [5.74, 6) is 0. The summed E-state index contributed by atoms with van der Waals surface area (Å²) in [5.41, 5.74) is 0. The number of oxazole rings is 1. The minimum atomic E-state index is -0.574. The molecule has 13 heavy (non-hydrogen) atoms. The van der Waals surface area contributed by atoms with Crippen molar-refractivity contribution in [2.45, 2.75) is 13.0 Å². The molecule has 0 spiro atoms. The van der Waals surface area contributed by atoms with Crippen LogP contribution in [0.3, 0.4) is 0 Å². The van der Waals surface area contributed by atoms with Gasteiger partial charge < -0.3 is 14.8 Å². The summed E-state index contributed by atoms with van der Waals surface area (Å²) in [5, 5.41) is 13.6. The third-order valence-corrected chi connectivity index (χ3v) is 1.21. The predicted octanol–water partition coefficient (Wildman–Crippen LogP) is 0.177. The normalized spacial score (nSPS) is 12.2. The monoisotopic (exact) mass is 185 g/mol. The molecule has 0 aliphatic rings. The first-order valence-electron chi connectivity index (χ1n) is 3.81. The minimum Gasteiger partial charge on any atom is -0.432 e. The number of nitrogens with one attached hydrogen (secondary N) is 2. The van der Waals surface area contributed by atoms with Crippen LogP contribution in [0.15, 0.2) is 16.9 Å². The van der Waals surface area contributed by atoms with Gasteiger partial charge in [-0.15, -0.1) is 0 Å². The van der Waals surface area contributed by atoms with Crippen LogP contribution in [0, 0.1) is 0 Å². The summed E-state index contributed by atoms with van der Waals surface area (Å²) in [6.07, 6.45) is 2.20. The van der Waals surface area contributed by atoms with Gasteiger partial charge in [0.15, 0.2) is 0 Å². The van der Waals surface area contributed by atoms with Crippen LogP contribution in [0.25, 0.3) is 0 Å². The van der Waals surface area contributed by atoms with Crippen molar-refractivity contribution in [2.24, 2.45) is 0 Å². The number of aromatic nitrogens is 1. The Hall–Kier alpha value is -1.56. The summed E-state index contributed by atoms with van der Waals surface area (Å²) in [7, 11) is 0. The first kappa shape index (κ1) is 9.53. The maximum atomic E-state index is 11.0. The second-order valence-corrected chi connectivity index (χ2v) is 2.52. The summed E-state index contributed by atoms with van der Waals surface area (Å²) in [6, 6.07) is -0.327. The smallest absolute Gasteiger partial charge is 0.322 e. The number of carbonyl (C=O) groups is 1. The summed E-state index contributed by atoms with van der Waals surface area (Å²) >= 11 is 0. The molecular weight excluding hydrogens is 174 g/mol. The van der Waals surface area contributed by atoms with Crippen molar-refractivity contribution in [3.05, 3.63) is 12.5 Å². The van der Waals surface area contributed by atoms with E-state index in [1.165, 1.54) is 12.5 Å². The quantitative estimate of drug-likeness (QED) is 0.626. The van der Waals surface area contributed by atoms with Crippen molar-refractivity contribution in [2.75, 3.05) is 11.9 Å². The highest BCUT2D eigenvalue weighted by molar-refractivity contribution is 5.86. The molecule has 1 aromatic heterocycles. The van der Waals surface area contributed by atoms with Crippen LogP contribution in [-0.4, -0.2) is 28.8 Å². The number of rotatable bonds is 3. The van der Waals surface area contributed by atoms with E-state index in [1.807, 2.05) is 0 Å². The fourth-order valence-electron chi connectivity index (χ4n) is 0.667. The number of aliphatic hydroxyl groups is 1. The second-order valence-electron chi connectivity index (χ2n) is 2.52. The number of carbonyl (C=O) groups excluding carboxylic acids is 1. The molecule has 1 atom stereocenters. The van der Waals surface area contributed by atoms with Gasteiger partial charge in [0.1, 0.15) is 6.26 Å². The van der Waals surface area contributed by atoms with Crippen LogP contribution in [-0.2, 0) is 0 Å². The lowest BCUT2D eigenvalue weighted by molar-refractivity contribution is 0.190. The Morgan fingerprint density at radius 1 is 1.85 bits per heavy atom. The molecule has 0 bridgehead atoms. The SMILES string of the molecule is C[C@@H](O)CNC(=O)Nc1ncco1. The molecule has 0 aliphatic carbocycles. The highest BCUT2D eigenvalue weighted by atomic mass is 16.4.